The zero-order chi connectivity index (χ0) is 21.2. The van der Waals surface area contributed by atoms with Gasteiger partial charge in [-0.05, 0) is 44.5 Å². The standard InChI is InChI=1S/C23H33N7/c1-19(29(3)18-20-10-5-4-6-11-20)14-16-26-23(24-2)25-15-9-13-22-28-27-21-12-7-8-17-30(21)22/h4-8,10-12,17,19H,9,13-16,18H2,1-3H3,(H2,24,25,26). The van der Waals surface area contributed by atoms with Gasteiger partial charge in [0.15, 0.2) is 11.6 Å². The van der Waals surface area contributed by atoms with Crippen LogP contribution in [0.1, 0.15) is 31.2 Å². The molecule has 0 radical (unpaired) electrons. The second kappa shape index (κ2) is 11.3. The zero-order valence-corrected chi connectivity index (χ0v) is 18.3. The largest absolute Gasteiger partial charge is 0.356 e. The molecule has 30 heavy (non-hydrogen) atoms. The monoisotopic (exact) mass is 407 g/mol. The number of guanidine groups is 1. The summed E-state index contributed by atoms with van der Waals surface area (Å²) in [4.78, 5) is 6.71. The molecule has 0 aliphatic heterocycles. The van der Waals surface area contributed by atoms with Crippen molar-refractivity contribution in [3.63, 3.8) is 0 Å². The van der Waals surface area contributed by atoms with E-state index in [0.29, 0.717) is 6.04 Å². The van der Waals surface area contributed by atoms with Crippen LogP contribution in [0.25, 0.3) is 5.65 Å². The third-order valence-electron chi connectivity index (χ3n) is 5.36. The molecule has 7 heteroatoms. The zero-order valence-electron chi connectivity index (χ0n) is 18.3. The summed E-state index contributed by atoms with van der Waals surface area (Å²) < 4.78 is 2.04. The summed E-state index contributed by atoms with van der Waals surface area (Å²) in [5.74, 6) is 1.84. The fourth-order valence-corrected chi connectivity index (χ4v) is 3.38. The number of aromatic nitrogens is 3. The van der Waals surface area contributed by atoms with E-state index in [1.54, 1.807) is 0 Å². The smallest absolute Gasteiger partial charge is 0.190 e. The van der Waals surface area contributed by atoms with Crippen LogP contribution in [0, 0.1) is 0 Å². The van der Waals surface area contributed by atoms with Gasteiger partial charge in [0.05, 0.1) is 0 Å². The second-order valence-electron chi connectivity index (χ2n) is 7.61. The lowest BCUT2D eigenvalue weighted by Gasteiger charge is -2.25. The fourth-order valence-electron chi connectivity index (χ4n) is 3.38. The maximum atomic E-state index is 4.33. The second-order valence-corrected chi connectivity index (χ2v) is 7.61. The van der Waals surface area contributed by atoms with Gasteiger partial charge in [-0.25, -0.2) is 0 Å². The lowest BCUT2D eigenvalue weighted by Crippen LogP contribution is -2.40. The molecule has 0 spiro atoms. The third-order valence-corrected chi connectivity index (χ3v) is 5.36. The minimum absolute atomic E-state index is 0.483. The van der Waals surface area contributed by atoms with Crippen molar-refractivity contribution in [1.29, 1.82) is 0 Å². The number of aryl methyl sites for hydroxylation is 1. The van der Waals surface area contributed by atoms with E-state index in [0.717, 1.165) is 56.3 Å². The number of hydrogen-bond donors (Lipinski definition) is 2. The topological polar surface area (TPSA) is 69.8 Å². The van der Waals surface area contributed by atoms with Crippen LogP contribution in [0.3, 0.4) is 0 Å². The fraction of sp³-hybridized carbons (Fsp3) is 0.435. The first kappa shape index (κ1) is 21.8. The van der Waals surface area contributed by atoms with Crippen LogP contribution < -0.4 is 10.6 Å². The lowest BCUT2D eigenvalue weighted by atomic mass is 10.1. The van der Waals surface area contributed by atoms with Crippen molar-refractivity contribution >= 4 is 11.6 Å². The summed E-state index contributed by atoms with van der Waals surface area (Å²) in [5.41, 5.74) is 2.24. The van der Waals surface area contributed by atoms with Crippen molar-refractivity contribution in [3.05, 3.63) is 66.1 Å². The van der Waals surface area contributed by atoms with Crippen molar-refractivity contribution in [2.45, 2.75) is 38.8 Å². The quantitative estimate of drug-likeness (QED) is 0.307. The number of fused-ring (bicyclic) bond motifs is 1. The predicted molar refractivity (Wildman–Crippen MR) is 123 cm³/mol. The van der Waals surface area contributed by atoms with Gasteiger partial charge in [0, 0.05) is 45.3 Å². The molecule has 1 aromatic carbocycles. The molecule has 3 rings (SSSR count). The SMILES string of the molecule is CN=C(NCCCc1nnc2ccccn12)NCCC(C)N(C)Cc1ccccc1. The van der Waals surface area contributed by atoms with Gasteiger partial charge in [0.25, 0.3) is 0 Å². The average Bonchev–Trinajstić information content (AvgIpc) is 3.19. The number of benzene rings is 1. The van der Waals surface area contributed by atoms with Gasteiger partial charge in [0.2, 0.25) is 0 Å². The van der Waals surface area contributed by atoms with Gasteiger partial charge in [0.1, 0.15) is 5.82 Å². The molecular formula is C23H33N7. The van der Waals surface area contributed by atoms with Gasteiger partial charge in [-0.3, -0.25) is 14.3 Å². The summed E-state index contributed by atoms with van der Waals surface area (Å²) >= 11 is 0. The van der Waals surface area contributed by atoms with Crippen LogP contribution in [0.15, 0.2) is 59.7 Å². The number of aliphatic imine (C=N–C) groups is 1. The number of nitrogens with zero attached hydrogens (tertiary/aromatic N) is 5. The van der Waals surface area contributed by atoms with Gasteiger partial charge in [-0.2, -0.15) is 0 Å². The Kier molecular flexibility index (Phi) is 8.20. The first-order valence-corrected chi connectivity index (χ1v) is 10.6. The molecule has 0 amide bonds. The van der Waals surface area contributed by atoms with E-state index in [9.17, 15) is 0 Å². The van der Waals surface area contributed by atoms with Crippen molar-refractivity contribution in [1.82, 2.24) is 30.1 Å². The summed E-state index contributed by atoms with van der Waals surface area (Å²) in [6.07, 6.45) is 4.90. The molecule has 0 saturated carbocycles. The van der Waals surface area contributed by atoms with Crippen molar-refractivity contribution in [2.24, 2.45) is 4.99 Å². The molecular weight excluding hydrogens is 374 g/mol. The maximum Gasteiger partial charge on any atom is 0.190 e. The van der Waals surface area contributed by atoms with E-state index in [4.69, 9.17) is 0 Å². The molecule has 0 saturated heterocycles. The molecule has 0 aliphatic carbocycles. The molecule has 0 aliphatic rings. The summed E-state index contributed by atoms with van der Waals surface area (Å²) in [6.45, 7) is 4.95. The minimum Gasteiger partial charge on any atom is -0.356 e. The first-order chi connectivity index (χ1) is 14.7. The Labute approximate surface area is 179 Å². The van der Waals surface area contributed by atoms with Crippen molar-refractivity contribution in [3.8, 4) is 0 Å². The molecule has 1 unspecified atom stereocenters. The lowest BCUT2D eigenvalue weighted by molar-refractivity contribution is 0.238. The Morgan fingerprint density at radius 3 is 2.63 bits per heavy atom. The number of pyridine rings is 1. The first-order valence-electron chi connectivity index (χ1n) is 10.6. The molecule has 0 bridgehead atoms. The summed E-state index contributed by atoms with van der Waals surface area (Å²) in [6, 6.07) is 17.0. The van der Waals surface area contributed by atoms with E-state index >= 15 is 0 Å². The van der Waals surface area contributed by atoms with E-state index in [2.05, 4.69) is 75.0 Å². The van der Waals surface area contributed by atoms with Gasteiger partial charge in [-0.1, -0.05) is 36.4 Å². The Morgan fingerprint density at radius 1 is 1.07 bits per heavy atom. The Balaban J connectivity index is 1.33. The van der Waals surface area contributed by atoms with E-state index < -0.39 is 0 Å². The van der Waals surface area contributed by atoms with Gasteiger partial charge in [-0.15, -0.1) is 10.2 Å². The maximum absolute atomic E-state index is 4.33. The number of nitrogens with one attached hydrogen (secondary N) is 2. The van der Waals surface area contributed by atoms with Gasteiger partial charge >= 0.3 is 0 Å². The van der Waals surface area contributed by atoms with E-state index in [1.165, 1.54) is 5.56 Å². The molecule has 3 aromatic rings. The molecule has 2 N–H and O–H groups in total. The average molecular weight is 408 g/mol. The molecule has 0 fully saturated rings. The molecule has 2 aromatic heterocycles. The van der Waals surface area contributed by atoms with Crippen molar-refractivity contribution < 1.29 is 0 Å². The van der Waals surface area contributed by atoms with Crippen LogP contribution in [0.5, 0.6) is 0 Å². The number of hydrogen-bond acceptors (Lipinski definition) is 4. The Bertz CT molecular complexity index is 919. The number of rotatable bonds is 10. The molecule has 160 valence electrons. The molecule has 2 heterocycles. The van der Waals surface area contributed by atoms with Crippen LogP contribution in [-0.4, -0.2) is 58.7 Å². The van der Waals surface area contributed by atoms with Crippen LogP contribution >= 0.6 is 0 Å². The van der Waals surface area contributed by atoms with Gasteiger partial charge < -0.3 is 10.6 Å². The minimum atomic E-state index is 0.483. The Hall–Kier alpha value is -2.93. The highest BCUT2D eigenvalue weighted by molar-refractivity contribution is 5.79. The molecule has 1 atom stereocenters. The summed E-state index contributed by atoms with van der Waals surface area (Å²) in [5, 5.41) is 15.3. The van der Waals surface area contributed by atoms with Crippen LogP contribution in [0.4, 0.5) is 0 Å². The highest BCUT2D eigenvalue weighted by atomic mass is 15.2. The van der Waals surface area contributed by atoms with Crippen LogP contribution in [-0.2, 0) is 13.0 Å². The normalized spacial score (nSPS) is 13.0. The van der Waals surface area contributed by atoms with E-state index in [-0.39, 0.29) is 0 Å². The van der Waals surface area contributed by atoms with Crippen molar-refractivity contribution in [2.75, 3.05) is 27.2 Å². The van der Waals surface area contributed by atoms with Crippen LogP contribution in [0.2, 0.25) is 0 Å². The Morgan fingerprint density at radius 2 is 1.83 bits per heavy atom. The summed E-state index contributed by atoms with van der Waals surface area (Å²) in [7, 11) is 3.99. The highest BCUT2D eigenvalue weighted by Crippen LogP contribution is 2.08. The van der Waals surface area contributed by atoms with E-state index in [1.807, 2.05) is 35.8 Å². The third kappa shape index (κ3) is 6.29. The predicted octanol–water partition coefficient (Wildman–Crippen LogP) is 2.74. The molecule has 7 nitrogen and oxygen atoms in total. The highest BCUT2D eigenvalue weighted by Gasteiger charge is 2.10.